The topological polar surface area (TPSA) is 104 Å². The molecule has 2 N–H and O–H groups in total. The number of nitrogens with one attached hydrogen (secondary N) is 1. The van der Waals surface area contributed by atoms with Gasteiger partial charge in [-0.2, -0.15) is 0 Å². The molecule has 5 rings (SSSR count). The zero-order valence-electron chi connectivity index (χ0n) is 21.8. The summed E-state index contributed by atoms with van der Waals surface area (Å²) < 4.78 is 6.13. The van der Waals surface area contributed by atoms with Crippen molar-refractivity contribution in [1.82, 2.24) is 25.2 Å². The summed E-state index contributed by atoms with van der Waals surface area (Å²) in [4.78, 5) is 29.4. The second-order valence-electron chi connectivity index (χ2n) is 10.2. The molecule has 0 amide bonds. The Morgan fingerprint density at radius 2 is 1.77 bits per heavy atom. The van der Waals surface area contributed by atoms with E-state index in [9.17, 15) is 4.79 Å². The van der Waals surface area contributed by atoms with Crippen LogP contribution in [-0.2, 0) is 11.3 Å². The molecule has 0 aliphatic carbocycles. The summed E-state index contributed by atoms with van der Waals surface area (Å²) in [6.45, 7) is 4.16. The molecule has 0 radical (unpaired) electrons. The summed E-state index contributed by atoms with van der Waals surface area (Å²) in [6.07, 6.45) is 6.37. The highest BCUT2D eigenvalue weighted by molar-refractivity contribution is 6.35. The van der Waals surface area contributed by atoms with Gasteiger partial charge in [-0.05, 0) is 75.1 Å². The van der Waals surface area contributed by atoms with Gasteiger partial charge in [-0.3, -0.25) is 9.69 Å². The van der Waals surface area contributed by atoms with Crippen LogP contribution in [0.15, 0.2) is 42.7 Å². The Balaban J connectivity index is 1.35. The third-order valence-corrected chi connectivity index (χ3v) is 7.75. The molecule has 2 saturated heterocycles. The van der Waals surface area contributed by atoms with Crippen LogP contribution in [-0.4, -0.2) is 70.2 Å². The van der Waals surface area contributed by atoms with Crippen molar-refractivity contribution in [2.75, 3.05) is 38.1 Å². The van der Waals surface area contributed by atoms with E-state index in [2.05, 4.69) is 25.1 Å². The Morgan fingerprint density at radius 1 is 1.05 bits per heavy atom. The first-order chi connectivity index (χ1) is 18.8. The number of rotatable bonds is 9. The van der Waals surface area contributed by atoms with E-state index in [1.165, 1.54) is 0 Å². The van der Waals surface area contributed by atoms with Gasteiger partial charge in [0.25, 0.3) is 0 Å². The molecule has 2 aromatic heterocycles. The van der Waals surface area contributed by atoms with E-state index in [-0.39, 0.29) is 12.3 Å². The van der Waals surface area contributed by atoms with E-state index in [1.54, 1.807) is 18.5 Å². The molecule has 11 heteroatoms. The van der Waals surface area contributed by atoms with Crippen molar-refractivity contribution in [3.63, 3.8) is 0 Å². The minimum Gasteiger partial charge on any atom is -0.481 e. The monoisotopic (exact) mass is 570 g/mol. The Hall–Kier alpha value is -2.98. The number of carboxylic acid groups (broad SMARTS) is 1. The number of carboxylic acids is 1. The average Bonchev–Trinajstić information content (AvgIpc) is 3.39. The molecule has 0 bridgehead atoms. The smallest absolute Gasteiger partial charge is 0.303 e. The van der Waals surface area contributed by atoms with Crippen LogP contribution in [0.1, 0.15) is 31.2 Å². The second kappa shape index (κ2) is 12.5. The summed E-state index contributed by atoms with van der Waals surface area (Å²) in [5.74, 6) is 1.10. The number of ether oxygens (including phenoxy) is 1. The zero-order chi connectivity index (χ0) is 27.4. The molecule has 206 valence electrons. The fourth-order valence-corrected chi connectivity index (χ4v) is 5.76. The predicted molar refractivity (Wildman–Crippen MR) is 152 cm³/mol. The van der Waals surface area contributed by atoms with Gasteiger partial charge in [0, 0.05) is 53.8 Å². The number of piperidine rings is 1. The molecule has 3 aromatic rings. The first kappa shape index (κ1) is 27.6. The summed E-state index contributed by atoms with van der Waals surface area (Å²) >= 11 is 12.6. The van der Waals surface area contributed by atoms with Gasteiger partial charge in [0.2, 0.25) is 11.8 Å². The van der Waals surface area contributed by atoms with Gasteiger partial charge >= 0.3 is 5.97 Å². The van der Waals surface area contributed by atoms with Crippen LogP contribution in [0.5, 0.6) is 11.6 Å². The van der Waals surface area contributed by atoms with Gasteiger partial charge in [0.15, 0.2) is 5.75 Å². The number of anilines is 1. The van der Waals surface area contributed by atoms with E-state index in [1.807, 2.05) is 31.3 Å². The maximum Gasteiger partial charge on any atom is 0.303 e. The number of aromatic nitrogens is 3. The molecule has 0 unspecified atom stereocenters. The van der Waals surface area contributed by atoms with Crippen LogP contribution in [0, 0.1) is 5.92 Å². The van der Waals surface area contributed by atoms with Gasteiger partial charge in [0.1, 0.15) is 0 Å². The maximum absolute atomic E-state index is 11.1. The van der Waals surface area contributed by atoms with Crippen molar-refractivity contribution in [3.8, 4) is 22.9 Å². The number of likely N-dealkylation sites (N-methyl/N-ethyl adjacent to an activating group) is 1. The normalized spacial score (nSPS) is 18.4. The molecular formula is C28H32Cl2N6O3. The van der Waals surface area contributed by atoms with Gasteiger partial charge < -0.3 is 20.1 Å². The van der Waals surface area contributed by atoms with E-state index < -0.39 is 5.97 Å². The lowest BCUT2D eigenvalue weighted by molar-refractivity contribution is -0.138. The number of pyridine rings is 1. The van der Waals surface area contributed by atoms with Crippen LogP contribution < -0.4 is 15.0 Å². The standard InChI is InChI=1S/C28H32Cl2N6O3/c1-31-23-4-7-36(17-23)28-32-14-24(15-33-28)39-26-9-19(16-35-5-2-18(3-6-35)10-27(37)38)8-25(34-26)20-11-21(29)13-22(30)12-20/h8-9,11-15,18,23,31H,2-7,10,16-17H2,1H3,(H,37,38)/t23-/m0/s1. The lowest BCUT2D eigenvalue weighted by Crippen LogP contribution is -2.33. The fraction of sp³-hybridized carbons (Fsp3) is 0.429. The van der Waals surface area contributed by atoms with Gasteiger partial charge in [0.05, 0.1) is 18.1 Å². The molecule has 1 aromatic carbocycles. The Labute approximate surface area is 238 Å². The fourth-order valence-electron chi connectivity index (χ4n) is 5.23. The summed E-state index contributed by atoms with van der Waals surface area (Å²) in [5, 5.41) is 13.5. The van der Waals surface area contributed by atoms with Crippen LogP contribution >= 0.6 is 23.2 Å². The Morgan fingerprint density at radius 3 is 2.41 bits per heavy atom. The molecule has 2 aliphatic heterocycles. The summed E-state index contributed by atoms with van der Waals surface area (Å²) in [7, 11) is 1.97. The first-order valence-corrected chi connectivity index (χ1v) is 13.9. The number of benzene rings is 1. The zero-order valence-corrected chi connectivity index (χ0v) is 23.3. The molecule has 1 atom stereocenters. The predicted octanol–water partition coefficient (Wildman–Crippen LogP) is 5.12. The third-order valence-electron chi connectivity index (χ3n) is 7.31. The third kappa shape index (κ3) is 7.36. The highest BCUT2D eigenvalue weighted by Crippen LogP contribution is 2.31. The highest BCUT2D eigenvalue weighted by Gasteiger charge is 2.24. The first-order valence-electron chi connectivity index (χ1n) is 13.2. The Bertz CT molecular complexity index is 1280. The number of carbonyl (C=O) groups is 1. The van der Waals surface area contributed by atoms with Gasteiger partial charge in [-0.15, -0.1) is 0 Å². The van der Waals surface area contributed by atoms with E-state index in [0.717, 1.165) is 56.6 Å². The Kier molecular flexibility index (Phi) is 8.82. The number of halogens is 2. The lowest BCUT2D eigenvalue weighted by Gasteiger charge is -2.31. The van der Waals surface area contributed by atoms with Crippen LogP contribution in [0.3, 0.4) is 0 Å². The molecule has 0 saturated carbocycles. The number of hydrogen-bond acceptors (Lipinski definition) is 8. The summed E-state index contributed by atoms with van der Waals surface area (Å²) in [6, 6.07) is 9.72. The van der Waals surface area contributed by atoms with Crippen LogP contribution in [0.4, 0.5) is 5.95 Å². The minimum absolute atomic E-state index is 0.229. The van der Waals surface area contributed by atoms with E-state index in [4.69, 9.17) is 38.0 Å². The quantitative estimate of drug-likeness (QED) is 0.362. The molecule has 39 heavy (non-hydrogen) atoms. The lowest BCUT2D eigenvalue weighted by atomic mass is 9.93. The van der Waals surface area contributed by atoms with Gasteiger partial charge in [-0.1, -0.05) is 23.2 Å². The van der Waals surface area contributed by atoms with Crippen molar-refractivity contribution in [2.45, 2.75) is 38.3 Å². The van der Waals surface area contributed by atoms with Crippen molar-refractivity contribution in [2.24, 2.45) is 5.92 Å². The van der Waals surface area contributed by atoms with Crippen molar-refractivity contribution >= 4 is 35.1 Å². The largest absolute Gasteiger partial charge is 0.481 e. The van der Waals surface area contributed by atoms with E-state index in [0.29, 0.717) is 45.9 Å². The second-order valence-corrected chi connectivity index (χ2v) is 11.1. The summed E-state index contributed by atoms with van der Waals surface area (Å²) in [5.41, 5.74) is 2.51. The number of nitrogens with zero attached hydrogens (tertiary/aromatic N) is 5. The van der Waals surface area contributed by atoms with Crippen LogP contribution in [0.25, 0.3) is 11.3 Å². The molecule has 0 spiro atoms. The van der Waals surface area contributed by atoms with Crippen LogP contribution in [0.2, 0.25) is 10.0 Å². The number of hydrogen-bond donors (Lipinski definition) is 2. The van der Waals surface area contributed by atoms with Gasteiger partial charge in [-0.25, -0.2) is 15.0 Å². The van der Waals surface area contributed by atoms with Crippen molar-refractivity contribution in [1.29, 1.82) is 0 Å². The van der Waals surface area contributed by atoms with Crippen molar-refractivity contribution in [3.05, 3.63) is 58.3 Å². The number of aliphatic carboxylic acids is 1. The minimum atomic E-state index is -0.728. The molecular weight excluding hydrogens is 539 g/mol. The molecule has 9 nitrogen and oxygen atoms in total. The molecule has 4 heterocycles. The maximum atomic E-state index is 11.1. The number of likely N-dealkylation sites (tertiary alicyclic amines) is 1. The molecule has 2 fully saturated rings. The highest BCUT2D eigenvalue weighted by atomic mass is 35.5. The van der Waals surface area contributed by atoms with Crippen molar-refractivity contribution < 1.29 is 14.6 Å². The average molecular weight is 572 g/mol. The van der Waals surface area contributed by atoms with E-state index >= 15 is 0 Å². The SMILES string of the molecule is CN[C@H]1CCN(c2ncc(Oc3cc(CN4CCC(CC(=O)O)CC4)cc(-c4cc(Cl)cc(Cl)c4)n3)cn2)C1. The molecule has 2 aliphatic rings.